The van der Waals surface area contributed by atoms with Gasteiger partial charge in [0.25, 0.3) is 12.0 Å². The van der Waals surface area contributed by atoms with Gasteiger partial charge in [-0.15, -0.1) is 0 Å². The third-order valence-electron chi connectivity index (χ3n) is 5.88. The van der Waals surface area contributed by atoms with E-state index in [0.717, 1.165) is 18.9 Å². The molecule has 158 valence electrons. The van der Waals surface area contributed by atoms with E-state index in [4.69, 9.17) is 0 Å². The van der Waals surface area contributed by atoms with Gasteiger partial charge < -0.3 is 9.88 Å². The average molecular weight is 416 g/mol. The molecule has 30 heavy (non-hydrogen) atoms. The summed E-state index contributed by atoms with van der Waals surface area (Å²) >= 11 is 0. The molecule has 2 aromatic heterocycles. The Labute approximate surface area is 172 Å². The summed E-state index contributed by atoms with van der Waals surface area (Å²) in [7, 11) is 0. The van der Waals surface area contributed by atoms with Crippen LogP contribution >= 0.6 is 0 Å². The number of fused-ring (bicyclic) bond motifs is 1. The Morgan fingerprint density at radius 1 is 1.17 bits per heavy atom. The van der Waals surface area contributed by atoms with E-state index in [-0.39, 0.29) is 16.7 Å². The Morgan fingerprint density at radius 2 is 1.83 bits per heavy atom. The quantitative estimate of drug-likeness (QED) is 0.624. The minimum atomic E-state index is -2.89. The van der Waals surface area contributed by atoms with Crippen molar-refractivity contribution in [1.82, 2.24) is 14.5 Å². The fourth-order valence-corrected chi connectivity index (χ4v) is 3.75. The van der Waals surface area contributed by atoms with Gasteiger partial charge in [0, 0.05) is 22.9 Å². The molecule has 8 heteroatoms. The third kappa shape index (κ3) is 3.34. The maximum Gasteiger partial charge on any atom is 0.266 e. The van der Waals surface area contributed by atoms with Gasteiger partial charge in [-0.1, -0.05) is 18.2 Å². The zero-order valence-electron chi connectivity index (χ0n) is 17.3. The van der Waals surface area contributed by atoms with E-state index in [1.165, 1.54) is 12.1 Å². The van der Waals surface area contributed by atoms with Gasteiger partial charge in [0.2, 0.25) is 0 Å². The molecule has 4 rings (SSSR count). The van der Waals surface area contributed by atoms with Crippen molar-refractivity contribution in [2.45, 2.75) is 58.5 Å². The van der Waals surface area contributed by atoms with Crippen molar-refractivity contribution < 1.29 is 13.2 Å². The zero-order valence-corrected chi connectivity index (χ0v) is 17.3. The van der Waals surface area contributed by atoms with Crippen LogP contribution in [0.2, 0.25) is 0 Å². The second-order valence-corrected chi connectivity index (χ2v) is 8.23. The van der Waals surface area contributed by atoms with E-state index in [9.17, 15) is 18.0 Å². The predicted molar refractivity (Wildman–Crippen MR) is 110 cm³/mol. The van der Waals surface area contributed by atoms with Crippen LogP contribution in [0, 0.1) is 19.7 Å². The largest absolute Gasteiger partial charge is 0.363 e. The highest BCUT2D eigenvalue weighted by atomic mass is 19.3. The molecule has 0 aliphatic heterocycles. The van der Waals surface area contributed by atoms with Gasteiger partial charge in [-0.25, -0.2) is 23.1 Å². The lowest BCUT2D eigenvalue weighted by atomic mass is 10.0. The van der Waals surface area contributed by atoms with Crippen LogP contribution < -0.4 is 10.9 Å². The molecule has 1 atom stereocenters. The highest BCUT2D eigenvalue weighted by Gasteiger charge is 2.40. The van der Waals surface area contributed by atoms with Crippen molar-refractivity contribution in [2.24, 2.45) is 0 Å². The number of aryl methyl sites for hydroxylation is 2. The number of nitrogens with zero attached hydrogens (tertiary/aromatic N) is 3. The monoisotopic (exact) mass is 416 g/mol. The molecule has 0 unspecified atom stereocenters. The summed E-state index contributed by atoms with van der Waals surface area (Å²) in [6, 6.07) is 3.34. The molecule has 5 nitrogen and oxygen atoms in total. The fourth-order valence-electron chi connectivity index (χ4n) is 3.75. The van der Waals surface area contributed by atoms with E-state index >= 15 is 0 Å². The number of anilines is 1. The summed E-state index contributed by atoms with van der Waals surface area (Å²) in [5.41, 5.74) is 0.238. The summed E-state index contributed by atoms with van der Waals surface area (Å²) in [5, 5.41) is 3.79. The van der Waals surface area contributed by atoms with Crippen molar-refractivity contribution in [3.63, 3.8) is 0 Å². The molecule has 1 aliphatic carbocycles. The minimum Gasteiger partial charge on any atom is -0.363 e. The number of hydrogen-bond donors (Lipinski definition) is 1. The SMILES string of the molecule is Cc1nc(N[C@@H](C)c2cccc(C(F)F)c2F)c2cn(C3(C)CC3)c(=O)c(C)c2n1. The predicted octanol–water partition coefficient (Wildman–Crippen LogP) is 5.17. The molecule has 1 aliphatic rings. The Hall–Kier alpha value is -2.90. The standard InChI is InChI=1S/C22H23F3N4O/c1-11-18-16(10-29(21(11)30)22(4)8-9-22)20(28-13(3)27-18)26-12(2)14-6-5-7-15(17(14)23)19(24)25/h5-7,10,12,19H,8-9H2,1-4H3,(H,26,27,28)/t12-/m0/s1. The second kappa shape index (κ2) is 7.11. The summed E-state index contributed by atoms with van der Waals surface area (Å²) < 4.78 is 42.5. The van der Waals surface area contributed by atoms with Crippen LogP contribution in [0.4, 0.5) is 19.0 Å². The molecule has 0 saturated heterocycles. The molecular weight excluding hydrogens is 393 g/mol. The third-order valence-corrected chi connectivity index (χ3v) is 5.88. The van der Waals surface area contributed by atoms with E-state index in [2.05, 4.69) is 15.3 Å². The molecule has 2 heterocycles. The van der Waals surface area contributed by atoms with Crippen molar-refractivity contribution in [1.29, 1.82) is 0 Å². The van der Waals surface area contributed by atoms with Crippen molar-refractivity contribution in [2.75, 3.05) is 5.32 Å². The molecule has 1 N–H and O–H groups in total. The first-order chi connectivity index (χ1) is 14.1. The first-order valence-electron chi connectivity index (χ1n) is 9.86. The number of nitrogens with one attached hydrogen (secondary N) is 1. The highest BCUT2D eigenvalue weighted by molar-refractivity contribution is 5.90. The summed E-state index contributed by atoms with van der Waals surface area (Å²) in [6.45, 7) is 7.15. The molecule has 3 aromatic rings. The van der Waals surface area contributed by atoms with Crippen LogP contribution in [-0.4, -0.2) is 14.5 Å². The fraction of sp³-hybridized carbons (Fsp3) is 0.409. The first kappa shape index (κ1) is 20.4. The number of pyridine rings is 1. The molecule has 0 amide bonds. The Kier molecular flexibility index (Phi) is 4.83. The van der Waals surface area contributed by atoms with Gasteiger partial charge in [0.1, 0.15) is 17.5 Å². The van der Waals surface area contributed by atoms with Crippen LogP contribution in [-0.2, 0) is 5.54 Å². The Bertz CT molecular complexity index is 1200. The lowest BCUT2D eigenvalue weighted by Crippen LogP contribution is -2.30. The number of aromatic nitrogens is 3. The van der Waals surface area contributed by atoms with Gasteiger partial charge in [-0.3, -0.25) is 4.79 Å². The number of halogens is 3. The smallest absolute Gasteiger partial charge is 0.266 e. The average Bonchev–Trinajstić information content (AvgIpc) is 3.43. The molecule has 1 aromatic carbocycles. The van der Waals surface area contributed by atoms with Crippen LogP contribution in [0.1, 0.15) is 61.7 Å². The summed E-state index contributed by atoms with van der Waals surface area (Å²) in [4.78, 5) is 21.7. The van der Waals surface area contributed by atoms with Gasteiger partial charge in [0.15, 0.2) is 0 Å². The molecule has 0 spiro atoms. The van der Waals surface area contributed by atoms with Crippen LogP contribution in [0.3, 0.4) is 0 Å². The maximum absolute atomic E-state index is 14.6. The number of hydrogen-bond acceptors (Lipinski definition) is 4. The van der Waals surface area contributed by atoms with Gasteiger partial charge in [-0.05, 0) is 40.5 Å². The highest BCUT2D eigenvalue weighted by Crippen LogP contribution is 2.42. The molecule has 0 radical (unpaired) electrons. The van der Waals surface area contributed by atoms with Gasteiger partial charge in [-0.2, -0.15) is 0 Å². The summed E-state index contributed by atoms with van der Waals surface area (Å²) in [6.07, 6.45) is 0.679. The van der Waals surface area contributed by atoms with Crippen LogP contribution in [0.25, 0.3) is 10.9 Å². The molecule has 0 bridgehead atoms. The number of benzene rings is 1. The first-order valence-corrected chi connectivity index (χ1v) is 9.86. The second-order valence-electron chi connectivity index (χ2n) is 8.23. The lowest BCUT2D eigenvalue weighted by molar-refractivity contribution is 0.146. The lowest BCUT2D eigenvalue weighted by Gasteiger charge is -2.21. The number of alkyl halides is 2. The minimum absolute atomic E-state index is 0.0877. The van der Waals surface area contributed by atoms with Gasteiger partial charge >= 0.3 is 0 Å². The topological polar surface area (TPSA) is 59.8 Å². The summed E-state index contributed by atoms with van der Waals surface area (Å²) in [5.74, 6) is -0.0361. The van der Waals surface area contributed by atoms with Crippen molar-refractivity contribution >= 4 is 16.7 Å². The van der Waals surface area contributed by atoms with Crippen LogP contribution in [0.15, 0.2) is 29.2 Å². The van der Waals surface area contributed by atoms with Crippen molar-refractivity contribution in [3.05, 3.63) is 63.1 Å². The molecule has 1 fully saturated rings. The Balaban J connectivity index is 1.82. The Morgan fingerprint density at radius 3 is 2.47 bits per heavy atom. The van der Waals surface area contributed by atoms with E-state index in [1.54, 1.807) is 31.5 Å². The van der Waals surface area contributed by atoms with E-state index in [0.29, 0.717) is 28.1 Å². The van der Waals surface area contributed by atoms with E-state index in [1.807, 2.05) is 6.92 Å². The normalized spacial score (nSPS) is 16.1. The molecule has 1 saturated carbocycles. The van der Waals surface area contributed by atoms with Gasteiger partial charge in [0.05, 0.1) is 22.5 Å². The molecular formula is C22H23F3N4O. The maximum atomic E-state index is 14.6. The van der Waals surface area contributed by atoms with Crippen molar-refractivity contribution in [3.8, 4) is 0 Å². The van der Waals surface area contributed by atoms with E-state index < -0.39 is 23.8 Å². The number of rotatable bonds is 5. The van der Waals surface area contributed by atoms with Crippen LogP contribution in [0.5, 0.6) is 0 Å². The zero-order chi connectivity index (χ0) is 21.8.